The number of ketones is 1. The molecule has 1 aliphatic rings. The van der Waals surface area contributed by atoms with E-state index in [4.69, 9.17) is 9.15 Å². The van der Waals surface area contributed by atoms with Gasteiger partial charge in [-0.05, 0) is 23.8 Å². The topological polar surface area (TPSA) is 59.8 Å². The molecule has 3 rings (SSSR count). The van der Waals surface area contributed by atoms with Crippen LogP contribution in [0.4, 0.5) is 8.78 Å². The number of nitrogens with zero attached hydrogens (tertiary/aromatic N) is 1. The van der Waals surface area contributed by atoms with Gasteiger partial charge in [-0.3, -0.25) is 9.59 Å². The molecule has 2 heterocycles. The van der Waals surface area contributed by atoms with Crippen LogP contribution in [0.15, 0.2) is 41.0 Å². The minimum absolute atomic E-state index is 0.0607. The van der Waals surface area contributed by atoms with Crippen molar-refractivity contribution in [3.63, 3.8) is 0 Å². The lowest BCUT2D eigenvalue weighted by Crippen LogP contribution is -2.50. The average Bonchev–Trinajstić information content (AvgIpc) is 3.12. The normalized spacial score (nSPS) is 17.5. The number of halogens is 2. The molecule has 0 N–H and O–H groups in total. The molecular formula is C18H17F2NO4. The van der Waals surface area contributed by atoms with E-state index in [2.05, 4.69) is 0 Å². The summed E-state index contributed by atoms with van der Waals surface area (Å²) in [6.07, 6.45) is 1.27. The molecule has 1 aromatic heterocycles. The maximum Gasteiger partial charge on any atom is 0.227 e. The van der Waals surface area contributed by atoms with Crippen LogP contribution in [0.1, 0.15) is 22.5 Å². The number of Topliss-reactive ketones (excluding diaryl/α,β-unsaturated/α-hetero) is 1. The summed E-state index contributed by atoms with van der Waals surface area (Å²) in [6, 6.07) is 5.86. The number of hydrogen-bond acceptors (Lipinski definition) is 4. The first-order valence-electron chi connectivity index (χ1n) is 7.92. The molecule has 0 spiro atoms. The Labute approximate surface area is 143 Å². The van der Waals surface area contributed by atoms with Gasteiger partial charge in [-0.15, -0.1) is 0 Å². The van der Waals surface area contributed by atoms with Crippen molar-refractivity contribution in [1.82, 2.24) is 4.90 Å². The smallest absolute Gasteiger partial charge is 0.227 e. The number of carbonyl (C=O) groups excluding carboxylic acids is 2. The van der Waals surface area contributed by atoms with E-state index < -0.39 is 17.7 Å². The summed E-state index contributed by atoms with van der Waals surface area (Å²) >= 11 is 0. The second-order valence-electron chi connectivity index (χ2n) is 5.83. The number of amides is 1. The summed E-state index contributed by atoms with van der Waals surface area (Å²) in [5.74, 6) is -1.79. The van der Waals surface area contributed by atoms with Gasteiger partial charge >= 0.3 is 0 Å². The van der Waals surface area contributed by atoms with E-state index in [1.54, 1.807) is 12.1 Å². The predicted octanol–water partition coefficient (Wildman–Crippen LogP) is 2.60. The quantitative estimate of drug-likeness (QED) is 0.779. The fourth-order valence-corrected chi connectivity index (χ4v) is 2.83. The fourth-order valence-electron chi connectivity index (χ4n) is 2.83. The summed E-state index contributed by atoms with van der Waals surface area (Å²) in [5.41, 5.74) is 0.119. The van der Waals surface area contributed by atoms with Crippen LogP contribution >= 0.6 is 0 Å². The van der Waals surface area contributed by atoms with Gasteiger partial charge in [0.1, 0.15) is 11.6 Å². The van der Waals surface area contributed by atoms with Crippen molar-refractivity contribution in [2.75, 3.05) is 19.8 Å². The Kier molecular flexibility index (Phi) is 5.23. The van der Waals surface area contributed by atoms with Gasteiger partial charge in [-0.1, -0.05) is 6.07 Å². The first-order chi connectivity index (χ1) is 12.0. The number of rotatable bonds is 5. The van der Waals surface area contributed by atoms with Crippen LogP contribution in [0.3, 0.4) is 0 Å². The lowest BCUT2D eigenvalue weighted by Gasteiger charge is -2.35. The van der Waals surface area contributed by atoms with E-state index in [9.17, 15) is 18.4 Å². The Morgan fingerprint density at radius 2 is 2.08 bits per heavy atom. The molecule has 1 aliphatic heterocycles. The molecule has 2 aromatic rings. The molecule has 25 heavy (non-hydrogen) atoms. The highest BCUT2D eigenvalue weighted by molar-refractivity contribution is 5.94. The van der Waals surface area contributed by atoms with E-state index in [1.165, 1.54) is 17.2 Å². The minimum atomic E-state index is -0.759. The summed E-state index contributed by atoms with van der Waals surface area (Å²) in [7, 11) is 0. The Balaban J connectivity index is 1.69. The fraction of sp³-hybridized carbons (Fsp3) is 0.333. The molecule has 0 radical (unpaired) electrons. The summed E-state index contributed by atoms with van der Waals surface area (Å²) in [4.78, 5) is 26.3. The van der Waals surface area contributed by atoms with Crippen LogP contribution in [0, 0.1) is 11.6 Å². The number of furan rings is 1. The second-order valence-corrected chi connectivity index (χ2v) is 5.83. The van der Waals surface area contributed by atoms with Crippen molar-refractivity contribution < 1.29 is 27.5 Å². The molecule has 1 saturated heterocycles. The van der Waals surface area contributed by atoms with E-state index >= 15 is 0 Å². The molecule has 1 amide bonds. The van der Waals surface area contributed by atoms with Gasteiger partial charge in [0.15, 0.2) is 11.5 Å². The van der Waals surface area contributed by atoms with Crippen LogP contribution in [0.25, 0.3) is 0 Å². The van der Waals surface area contributed by atoms with Crippen LogP contribution < -0.4 is 0 Å². The van der Waals surface area contributed by atoms with E-state index in [1.807, 2.05) is 0 Å². The summed E-state index contributed by atoms with van der Waals surface area (Å²) in [5, 5.41) is 0. The lowest BCUT2D eigenvalue weighted by molar-refractivity contribution is -0.139. The van der Waals surface area contributed by atoms with Gasteiger partial charge in [-0.25, -0.2) is 8.78 Å². The average molecular weight is 349 g/mol. The zero-order valence-corrected chi connectivity index (χ0v) is 13.4. The molecule has 7 heteroatoms. The number of carbonyl (C=O) groups is 2. The third kappa shape index (κ3) is 4.11. The van der Waals surface area contributed by atoms with E-state index in [-0.39, 0.29) is 42.5 Å². The van der Waals surface area contributed by atoms with Crippen molar-refractivity contribution in [3.8, 4) is 0 Å². The Morgan fingerprint density at radius 1 is 1.24 bits per heavy atom. The second kappa shape index (κ2) is 7.57. The molecule has 132 valence electrons. The zero-order valence-electron chi connectivity index (χ0n) is 13.4. The standard InChI is InChI=1S/C18H17F2NO4/c19-13-4-3-12(15(20)9-13)8-18(23)21-5-7-24-11-14(21)10-16(22)17-2-1-6-25-17/h1-4,6,9,14H,5,7-8,10-11H2. The molecular weight excluding hydrogens is 332 g/mol. The summed E-state index contributed by atoms with van der Waals surface area (Å²) in [6.45, 7) is 0.894. The third-order valence-corrected chi connectivity index (χ3v) is 4.12. The number of benzene rings is 1. The van der Waals surface area contributed by atoms with Gasteiger partial charge in [0.2, 0.25) is 5.91 Å². The Bertz CT molecular complexity index is 760. The Hall–Kier alpha value is -2.54. The first kappa shape index (κ1) is 17.3. The molecule has 0 saturated carbocycles. The van der Waals surface area contributed by atoms with Crippen molar-refractivity contribution in [3.05, 3.63) is 59.6 Å². The molecule has 1 fully saturated rings. The van der Waals surface area contributed by atoms with Crippen LogP contribution in [0.2, 0.25) is 0 Å². The number of morpholine rings is 1. The molecule has 1 atom stereocenters. The Morgan fingerprint density at radius 3 is 2.80 bits per heavy atom. The van der Waals surface area contributed by atoms with Crippen molar-refractivity contribution in [2.45, 2.75) is 18.9 Å². The van der Waals surface area contributed by atoms with Crippen molar-refractivity contribution in [2.24, 2.45) is 0 Å². The van der Waals surface area contributed by atoms with Gasteiger partial charge in [0.05, 0.1) is 31.9 Å². The third-order valence-electron chi connectivity index (χ3n) is 4.12. The van der Waals surface area contributed by atoms with Crippen molar-refractivity contribution in [1.29, 1.82) is 0 Å². The maximum atomic E-state index is 13.8. The molecule has 1 aromatic carbocycles. The van der Waals surface area contributed by atoms with Gasteiger partial charge in [-0.2, -0.15) is 0 Å². The number of ether oxygens (including phenoxy) is 1. The van der Waals surface area contributed by atoms with E-state index in [0.29, 0.717) is 13.2 Å². The molecule has 0 aliphatic carbocycles. The predicted molar refractivity (Wildman–Crippen MR) is 84.0 cm³/mol. The van der Waals surface area contributed by atoms with E-state index in [0.717, 1.165) is 12.1 Å². The molecule has 1 unspecified atom stereocenters. The largest absolute Gasteiger partial charge is 0.461 e. The highest BCUT2D eigenvalue weighted by Crippen LogP contribution is 2.18. The zero-order chi connectivity index (χ0) is 17.8. The molecule has 0 bridgehead atoms. The monoisotopic (exact) mass is 349 g/mol. The van der Waals surface area contributed by atoms with Gasteiger partial charge in [0.25, 0.3) is 0 Å². The van der Waals surface area contributed by atoms with Gasteiger partial charge in [0, 0.05) is 19.0 Å². The van der Waals surface area contributed by atoms with Crippen molar-refractivity contribution >= 4 is 11.7 Å². The highest BCUT2D eigenvalue weighted by Gasteiger charge is 2.30. The summed E-state index contributed by atoms with van der Waals surface area (Å²) < 4.78 is 37.2. The SMILES string of the molecule is O=C(CC1COCCN1C(=O)Cc1ccc(F)cc1F)c1ccco1. The maximum absolute atomic E-state index is 13.8. The van der Waals surface area contributed by atoms with Gasteiger partial charge < -0.3 is 14.1 Å². The van der Waals surface area contributed by atoms with Crippen LogP contribution in [-0.2, 0) is 16.0 Å². The number of hydrogen-bond donors (Lipinski definition) is 0. The first-order valence-corrected chi connectivity index (χ1v) is 7.92. The lowest BCUT2D eigenvalue weighted by atomic mass is 10.0. The molecule has 5 nitrogen and oxygen atoms in total. The van der Waals surface area contributed by atoms with Crippen LogP contribution in [0.5, 0.6) is 0 Å². The minimum Gasteiger partial charge on any atom is -0.461 e. The highest BCUT2D eigenvalue weighted by atomic mass is 19.1. The van der Waals surface area contributed by atoms with Crippen LogP contribution in [-0.4, -0.2) is 42.4 Å².